The van der Waals surface area contributed by atoms with Crippen molar-refractivity contribution >= 4 is 11.8 Å². The Morgan fingerprint density at radius 1 is 1.22 bits per heavy atom. The largest absolute Gasteiger partial charge is 0.497 e. The van der Waals surface area contributed by atoms with Crippen LogP contribution in [0.4, 0.5) is 0 Å². The Kier molecular flexibility index (Phi) is 5.08. The van der Waals surface area contributed by atoms with E-state index < -0.39 is 0 Å². The molecule has 2 saturated heterocycles. The molecule has 1 aromatic rings. The highest BCUT2D eigenvalue weighted by molar-refractivity contribution is 5.95. The highest BCUT2D eigenvalue weighted by Crippen LogP contribution is 2.45. The van der Waals surface area contributed by atoms with Gasteiger partial charge in [-0.1, -0.05) is 0 Å². The van der Waals surface area contributed by atoms with E-state index in [0.29, 0.717) is 37.8 Å². The molecule has 1 spiro atoms. The Balaban J connectivity index is 1.50. The number of carbonyl (C=O) groups is 2. The van der Waals surface area contributed by atoms with E-state index >= 15 is 0 Å². The molecule has 1 aromatic carbocycles. The summed E-state index contributed by atoms with van der Waals surface area (Å²) < 4.78 is 10.7. The molecule has 1 aliphatic carbocycles. The Bertz CT molecular complexity index is 693. The maximum Gasteiger partial charge on any atom is 0.253 e. The maximum atomic E-state index is 13.0. The number of likely N-dealkylation sites (tertiary alicyclic amines) is 1. The fourth-order valence-electron chi connectivity index (χ4n) is 4.38. The van der Waals surface area contributed by atoms with Gasteiger partial charge in [-0.2, -0.15) is 0 Å². The molecule has 27 heavy (non-hydrogen) atoms. The van der Waals surface area contributed by atoms with Crippen LogP contribution in [0.5, 0.6) is 5.75 Å². The van der Waals surface area contributed by atoms with Gasteiger partial charge in [-0.15, -0.1) is 0 Å². The summed E-state index contributed by atoms with van der Waals surface area (Å²) in [5, 5.41) is 3.14. The lowest BCUT2D eigenvalue weighted by Gasteiger charge is -2.37. The Morgan fingerprint density at radius 2 is 1.93 bits per heavy atom. The van der Waals surface area contributed by atoms with Gasteiger partial charge in [0.15, 0.2) is 0 Å². The number of carbonyl (C=O) groups excluding carboxylic acids is 2. The molecular formula is C21H28N2O4. The number of nitrogens with one attached hydrogen (secondary N) is 1. The minimum absolute atomic E-state index is 0.0130. The van der Waals surface area contributed by atoms with Crippen LogP contribution in [0.15, 0.2) is 24.3 Å². The van der Waals surface area contributed by atoms with Crippen molar-refractivity contribution in [1.29, 1.82) is 0 Å². The average molecular weight is 372 g/mol. The van der Waals surface area contributed by atoms with Gasteiger partial charge >= 0.3 is 0 Å². The number of rotatable bonds is 5. The third-order valence-corrected chi connectivity index (χ3v) is 6.34. The number of hydrogen-bond acceptors (Lipinski definition) is 4. The van der Waals surface area contributed by atoms with E-state index in [1.165, 1.54) is 12.8 Å². The summed E-state index contributed by atoms with van der Waals surface area (Å²) >= 11 is 0. The zero-order valence-electron chi connectivity index (χ0n) is 15.9. The first-order valence-electron chi connectivity index (χ1n) is 9.90. The van der Waals surface area contributed by atoms with Gasteiger partial charge in [-0.05, 0) is 55.9 Å². The van der Waals surface area contributed by atoms with E-state index in [-0.39, 0.29) is 23.1 Å². The second kappa shape index (κ2) is 7.50. The van der Waals surface area contributed by atoms with Gasteiger partial charge in [0.2, 0.25) is 5.91 Å². The first kappa shape index (κ1) is 18.3. The minimum atomic E-state index is -0.159. The summed E-state index contributed by atoms with van der Waals surface area (Å²) in [5.41, 5.74) is 0.477. The summed E-state index contributed by atoms with van der Waals surface area (Å²) in [6.07, 6.45) is 4.10. The van der Waals surface area contributed by atoms with Crippen LogP contribution in [0.3, 0.4) is 0 Å². The Labute approximate surface area is 160 Å². The molecule has 0 unspecified atom stereocenters. The number of nitrogens with zero attached hydrogens (tertiary/aromatic N) is 1. The van der Waals surface area contributed by atoms with Crippen molar-refractivity contribution in [2.24, 2.45) is 17.3 Å². The number of benzene rings is 1. The standard InChI is InChI=1S/C21H28N2O4/c1-26-17-6-4-16(5-7-17)20(25)23-13-18(19(24)22-12-15-2-3-15)21(14-23)8-10-27-11-9-21/h4-7,15,18H,2-3,8-14H2,1H3,(H,22,24)/t18-/m0/s1. The zero-order valence-corrected chi connectivity index (χ0v) is 15.9. The number of hydrogen-bond donors (Lipinski definition) is 1. The molecule has 0 aromatic heterocycles. The van der Waals surface area contributed by atoms with E-state index in [4.69, 9.17) is 9.47 Å². The first-order valence-corrected chi connectivity index (χ1v) is 9.90. The van der Waals surface area contributed by atoms with Crippen molar-refractivity contribution < 1.29 is 19.1 Å². The lowest BCUT2D eigenvalue weighted by Crippen LogP contribution is -2.44. The molecule has 1 N–H and O–H groups in total. The van der Waals surface area contributed by atoms with Crippen molar-refractivity contribution in [3.05, 3.63) is 29.8 Å². The van der Waals surface area contributed by atoms with E-state index in [1.54, 1.807) is 31.4 Å². The minimum Gasteiger partial charge on any atom is -0.497 e. The van der Waals surface area contributed by atoms with Crippen LogP contribution in [-0.2, 0) is 9.53 Å². The molecule has 4 rings (SSSR count). The smallest absolute Gasteiger partial charge is 0.253 e. The molecule has 6 heteroatoms. The van der Waals surface area contributed by atoms with Crippen LogP contribution in [0.1, 0.15) is 36.0 Å². The van der Waals surface area contributed by atoms with Crippen LogP contribution in [0, 0.1) is 17.3 Å². The second-order valence-corrected chi connectivity index (χ2v) is 8.13. The van der Waals surface area contributed by atoms with E-state index in [1.807, 2.05) is 4.90 Å². The van der Waals surface area contributed by atoms with E-state index in [9.17, 15) is 9.59 Å². The molecule has 0 radical (unpaired) electrons. The fourth-order valence-corrected chi connectivity index (χ4v) is 4.38. The normalized spacial score (nSPS) is 24.0. The van der Waals surface area contributed by atoms with Crippen molar-refractivity contribution in [3.63, 3.8) is 0 Å². The lowest BCUT2D eigenvalue weighted by atomic mass is 9.71. The fraction of sp³-hybridized carbons (Fsp3) is 0.619. The van der Waals surface area contributed by atoms with Gasteiger partial charge in [-0.25, -0.2) is 0 Å². The van der Waals surface area contributed by atoms with Crippen LogP contribution >= 0.6 is 0 Å². The molecule has 2 aliphatic heterocycles. The number of amides is 2. The summed E-state index contributed by atoms with van der Waals surface area (Å²) in [6, 6.07) is 7.18. The summed E-state index contributed by atoms with van der Waals surface area (Å²) in [6.45, 7) is 3.21. The predicted octanol–water partition coefficient (Wildman–Crippen LogP) is 2.09. The van der Waals surface area contributed by atoms with Gasteiger partial charge in [-0.3, -0.25) is 9.59 Å². The summed E-state index contributed by atoms with van der Waals surface area (Å²) in [5.74, 6) is 1.32. The predicted molar refractivity (Wildman–Crippen MR) is 101 cm³/mol. The molecule has 2 heterocycles. The SMILES string of the molecule is COc1ccc(C(=O)N2C[C@@H](C(=O)NCC3CC3)C3(CCOCC3)C2)cc1. The van der Waals surface area contributed by atoms with Crippen molar-refractivity contribution in [2.45, 2.75) is 25.7 Å². The van der Waals surface area contributed by atoms with E-state index in [0.717, 1.165) is 25.1 Å². The summed E-state index contributed by atoms with van der Waals surface area (Å²) in [4.78, 5) is 27.8. The van der Waals surface area contributed by atoms with Crippen LogP contribution in [-0.4, -0.2) is 56.7 Å². The molecule has 3 aliphatic rings. The molecule has 1 atom stereocenters. The second-order valence-electron chi connectivity index (χ2n) is 8.13. The monoisotopic (exact) mass is 372 g/mol. The molecular weight excluding hydrogens is 344 g/mol. The quantitative estimate of drug-likeness (QED) is 0.859. The summed E-state index contributed by atoms with van der Waals surface area (Å²) in [7, 11) is 1.61. The van der Waals surface area contributed by atoms with Gasteiger partial charge in [0.25, 0.3) is 5.91 Å². The topological polar surface area (TPSA) is 67.9 Å². The first-order chi connectivity index (χ1) is 13.1. The third-order valence-electron chi connectivity index (χ3n) is 6.34. The van der Waals surface area contributed by atoms with Crippen LogP contribution in [0.2, 0.25) is 0 Å². The molecule has 2 amide bonds. The lowest BCUT2D eigenvalue weighted by molar-refractivity contribution is -0.129. The van der Waals surface area contributed by atoms with Gasteiger partial charge in [0.1, 0.15) is 5.75 Å². The molecule has 0 bridgehead atoms. The van der Waals surface area contributed by atoms with Crippen molar-refractivity contribution in [1.82, 2.24) is 10.2 Å². The highest BCUT2D eigenvalue weighted by Gasteiger charge is 2.51. The average Bonchev–Trinajstić information content (AvgIpc) is 3.47. The molecule has 6 nitrogen and oxygen atoms in total. The van der Waals surface area contributed by atoms with Gasteiger partial charge in [0, 0.05) is 43.8 Å². The maximum absolute atomic E-state index is 13.0. The molecule has 3 fully saturated rings. The third kappa shape index (κ3) is 3.81. The number of methoxy groups -OCH3 is 1. The van der Waals surface area contributed by atoms with Crippen molar-refractivity contribution in [2.75, 3.05) is 40.0 Å². The van der Waals surface area contributed by atoms with Gasteiger partial charge < -0.3 is 19.7 Å². The van der Waals surface area contributed by atoms with Gasteiger partial charge in [0.05, 0.1) is 13.0 Å². The number of ether oxygens (including phenoxy) is 2. The molecule has 1 saturated carbocycles. The Morgan fingerprint density at radius 3 is 2.56 bits per heavy atom. The van der Waals surface area contributed by atoms with Crippen molar-refractivity contribution in [3.8, 4) is 5.75 Å². The van der Waals surface area contributed by atoms with Crippen LogP contribution < -0.4 is 10.1 Å². The zero-order chi connectivity index (χ0) is 18.9. The molecule has 146 valence electrons. The highest BCUT2D eigenvalue weighted by atomic mass is 16.5. The van der Waals surface area contributed by atoms with E-state index in [2.05, 4.69) is 5.32 Å². The van der Waals surface area contributed by atoms with Crippen LogP contribution in [0.25, 0.3) is 0 Å². The Hall–Kier alpha value is -2.08.